The Balaban J connectivity index is 1.59. The normalized spacial score (nSPS) is 19.9. The van der Waals surface area contributed by atoms with Crippen LogP contribution in [0.5, 0.6) is 0 Å². The molecule has 5 nitrogen and oxygen atoms in total. The van der Waals surface area contributed by atoms with Crippen LogP contribution < -0.4 is 5.32 Å². The fourth-order valence-corrected chi connectivity index (χ4v) is 3.57. The molecule has 6 heteroatoms. The number of nitrogens with one attached hydrogen (secondary N) is 1. The summed E-state index contributed by atoms with van der Waals surface area (Å²) < 4.78 is 0. The molecule has 0 aromatic heterocycles. The summed E-state index contributed by atoms with van der Waals surface area (Å²) >= 11 is 5.88. The Morgan fingerprint density at radius 2 is 1.58 bits per heavy atom. The average molecular weight is 350 g/mol. The Kier molecular flexibility index (Phi) is 5.74. The quantitative estimate of drug-likeness (QED) is 0.888. The lowest BCUT2D eigenvalue weighted by Crippen LogP contribution is -2.43. The largest absolute Gasteiger partial charge is 0.341 e. The third kappa shape index (κ3) is 4.08. The van der Waals surface area contributed by atoms with Crippen LogP contribution in [-0.4, -0.2) is 60.9 Å². The molecule has 2 amide bonds. The predicted octanol–water partition coefficient (Wildman–Crippen LogP) is 2.01. The first kappa shape index (κ1) is 17.2. The lowest BCUT2D eigenvalue weighted by Gasteiger charge is -2.28. The minimum Gasteiger partial charge on any atom is -0.341 e. The van der Waals surface area contributed by atoms with Gasteiger partial charge in [-0.1, -0.05) is 11.6 Å². The minimum absolute atomic E-state index is 0.0165. The molecular weight excluding hydrogens is 326 g/mol. The van der Waals surface area contributed by atoms with E-state index < -0.39 is 0 Å². The zero-order chi connectivity index (χ0) is 16.9. The summed E-state index contributed by atoms with van der Waals surface area (Å²) in [7, 11) is 0. The van der Waals surface area contributed by atoms with Crippen molar-refractivity contribution < 1.29 is 9.59 Å². The number of amides is 2. The maximum Gasteiger partial charge on any atom is 0.253 e. The molecular formula is C18H24ClN3O2. The van der Waals surface area contributed by atoms with E-state index in [-0.39, 0.29) is 17.7 Å². The second kappa shape index (κ2) is 7.99. The van der Waals surface area contributed by atoms with E-state index in [1.54, 1.807) is 24.3 Å². The van der Waals surface area contributed by atoms with Crippen molar-refractivity contribution in [1.82, 2.24) is 15.1 Å². The fourth-order valence-electron chi connectivity index (χ4n) is 3.44. The van der Waals surface area contributed by atoms with Gasteiger partial charge in [0.1, 0.15) is 0 Å². The molecule has 1 aromatic carbocycles. The van der Waals surface area contributed by atoms with Gasteiger partial charge in [-0.15, -0.1) is 0 Å². The molecule has 2 fully saturated rings. The first-order valence-corrected chi connectivity index (χ1v) is 9.07. The molecule has 2 heterocycles. The van der Waals surface area contributed by atoms with Gasteiger partial charge >= 0.3 is 0 Å². The van der Waals surface area contributed by atoms with E-state index >= 15 is 0 Å². The van der Waals surface area contributed by atoms with Gasteiger partial charge in [0.25, 0.3) is 5.91 Å². The highest BCUT2D eigenvalue weighted by molar-refractivity contribution is 6.30. The Labute approximate surface area is 147 Å². The van der Waals surface area contributed by atoms with Crippen molar-refractivity contribution in [2.45, 2.75) is 19.3 Å². The van der Waals surface area contributed by atoms with E-state index in [0.717, 1.165) is 38.9 Å². The molecule has 0 bridgehead atoms. The minimum atomic E-state index is 0.0165. The van der Waals surface area contributed by atoms with E-state index in [1.807, 2.05) is 9.80 Å². The topological polar surface area (TPSA) is 52.7 Å². The Morgan fingerprint density at radius 1 is 0.958 bits per heavy atom. The van der Waals surface area contributed by atoms with Gasteiger partial charge in [0, 0.05) is 42.7 Å². The highest BCUT2D eigenvalue weighted by Crippen LogP contribution is 2.18. The number of hydrogen-bond donors (Lipinski definition) is 1. The molecule has 0 spiro atoms. The van der Waals surface area contributed by atoms with Crippen molar-refractivity contribution in [1.29, 1.82) is 0 Å². The number of benzene rings is 1. The smallest absolute Gasteiger partial charge is 0.253 e. The third-order valence-corrected chi connectivity index (χ3v) is 5.13. The zero-order valence-electron chi connectivity index (χ0n) is 13.8. The summed E-state index contributed by atoms with van der Waals surface area (Å²) in [6.07, 6.45) is 2.67. The maximum atomic E-state index is 12.7. The van der Waals surface area contributed by atoms with Crippen LogP contribution in [-0.2, 0) is 4.79 Å². The number of piperidine rings is 1. The molecule has 0 unspecified atom stereocenters. The summed E-state index contributed by atoms with van der Waals surface area (Å²) in [4.78, 5) is 29.1. The van der Waals surface area contributed by atoms with Gasteiger partial charge in [0.2, 0.25) is 5.91 Å². The van der Waals surface area contributed by atoms with E-state index in [0.29, 0.717) is 30.2 Å². The molecule has 130 valence electrons. The fraction of sp³-hybridized carbons (Fsp3) is 0.556. The van der Waals surface area contributed by atoms with Crippen LogP contribution >= 0.6 is 11.6 Å². The summed E-state index contributed by atoms with van der Waals surface area (Å²) in [6, 6.07) is 6.99. The lowest BCUT2D eigenvalue weighted by atomic mass is 9.96. The van der Waals surface area contributed by atoms with Crippen molar-refractivity contribution in [2.75, 3.05) is 39.3 Å². The first-order chi connectivity index (χ1) is 11.6. The second-order valence-electron chi connectivity index (χ2n) is 6.50. The number of rotatable bonds is 2. The molecule has 2 saturated heterocycles. The van der Waals surface area contributed by atoms with Gasteiger partial charge in [0.15, 0.2) is 0 Å². The highest BCUT2D eigenvalue weighted by atomic mass is 35.5. The van der Waals surface area contributed by atoms with Gasteiger partial charge < -0.3 is 15.1 Å². The molecule has 0 aliphatic carbocycles. The zero-order valence-corrected chi connectivity index (χ0v) is 14.6. The molecule has 2 aliphatic heterocycles. The molecule has 1 N–H and O–H groups in total. The Bertz CT molecular complexity index is 584. The number of hydrogen-bond acceptors (Lipinski definition) is 3. The molecule has 3 rings (SSSR count). The Hall–Kier alpha value is -1.59. The van der Waals surface area contributed by atoms with Gasteiger partial charge in [0.05, 0.1) is 0 Å². The van der Waals surface area contributed by atoms with Crippen LogP contribution in [0.1, 0.15) is 29.6 Å². The van der Waals surface area contributed by atoms with Crippen LogP contribution in [0.3, 0.4) is 0 Å². The van der Waals surface area contributed by atoms with Gasteiger partial charge in [-0.2, -0.15) is 0 Å². The van der Waals surface area contributed by atoms with Crippen LogP contribution in [0.15, 0.2) is 24.3 Å². The van der Waals surface area contributed by atoms with E-state index in [1.165, 1.54) is 0 Å². The summed E-state index contributed by atoms with van der Waals surface area (Å²) in [6.45, 7) is 4.50. The van der Waals surface area contributed by atoms with Crippen LogP contribution in [0.25, 0.3) is 0 Å². The third-order valence-electron chi connectivity index (χ3n) is 4.87. The molecule has 2 aliphatic rings. The number of halogens is 1. The summed E-state index contributed by atoms with van der Waals surface area (Å²) in [5, 5.41) is 3.92. The van der Waals surface area contributed by atoms with Crippen molar-refractivity contribution in [3.05, 3.63) is 34.9 Å². The number of nitrogens with zero attached hydrogens (tertiary/aromatic N) is 2. The van der Waals surface area contributed by atoms with Crippen LogP contribution in [0.2, 0.25) is 5.02 Å². The van der Waals surface area contributed by atoms with Gasteiger partial charge in [-0.25, -0.2) is 0 Å². The average Bonchev–Trinajstić information content (AvgIpc) is 2.88. The number of carbonyl (C=O) groups excluding carboxylic acids is 2. The molecule has 24 heavy (non-hydrogen) atoms. The van der Waals surface area contributed by atoms with Crippen LogP contribution in [0.4, 0.5) is 0 Å². The lowest BCUT2D eigenvalue weighted by molar-refractivity contribution is -0.136. The highest BCUT2D eigenvalue weighted by Gasteiger charge is 2.28. The van der Waals surface area contributed by atoms with Crippen molar-refractivity contribution in [3.63, 3.8) is 0 Å². The van der Waals surface area contributed by atoms with Crippen molar-refractivity contribution in [3.8, 4) is 0 Å². The van der Waals surface area contributed by atoms with Gasteiger partial charge in [-0.05, 0) is 56.6 Å². The van der Waals surface area contributed by atoms with Crippen LogP contribution in [0, 0.1) is 5.92 Å². The standard InChI is InChI=1S/C18H24ClN3O2/c19-16-4-2-14(3-5-16)17(23)21-10-1-11-22(13-12-21)18(24)15-6-8-20-9-7-15/h2-5,15,20H,1,6-13H2. The molecule has 0 atom stereocenters. The molecule has 0 radical (unpaired) electrons. The molecule has 0 saturated carbocycles. The summed E-state index contributed by atoms with van der Waals surface area (Å²) in [5.74, 6) is 0.421. The van der Waals surface area contributed by atoms with E-state index in [4.69, 9.17) is 11.6 Å². The number of carbonyl (C=O) groups is 2. The SMILES string of the molecule is O=C(c1ccc(Cl)cc1)N1CCCN(C(=O)C2CCNCC2)CC1. The first-order valence-electron chi connectivity index (χ1n) is 8.69. The van der Waals surface area contributed by atoms with Gasteiger partial charge in [-0.3, -0.25) is 9.59 Å². The second-order valence-corrected chi connectivity index (χ2v) is 6.94. The van der Waals surface area contributed by atoms with Crippen molar-refractivity contribution >= 4 is 23.4 Å². The predicted molar refractivity (Wildman–Crippen MR) is 94.1 cm³/mol. The van der Waals surface area contributed by atoms with Crippen molar-refractivity contribution in [2.24, 2.45) is 5.92 Å². The molecule has 1 aromatic rings. The Morgan fingerprint density at radius 3 is 2.29 bits per heavy atom. The maximum absolute atomic E-state index is 12.7. The summed E-state index contributed by atoms with van der Waals surface area (Å²) in [5.41, 5.74) is 0.650. The monoisotopic (exact) mass is 349 g/mol. The van der Waals surface area contributed by atoms with E-state index in [9.17, 15) is 9.59 Å². The van der Waals surface area contributed by atoms with E-state index in [2.05, 4.69) is 5.32 Å².